The topological polar surface area (TPSA) is 41.6 Å². The minimum absolute atomic E-state index is 0.00103. The number of amides is 2. The summed E-state index contributed by atoms with van der Waals surface area (Å²) in [6, 6.07) is 16.3. The first-order valence-electron chi connectivity index (χ1n) is 7.49. The molecule has 112 valence electrons. The van der Waals surface area contributed by atoms with Crippen LogP contribution in [0.4, 0.5) is 4.79 Å². The van der Waals surface area contributed by atoms with Crippen LogP contribution in [0.5, 0.6) is 5.75 Å². The Bertz CT molecular complexity index is 744. The zero-order chi connectivity index (χ0) is 15.3. The summed E-state index contributed by atoms with van der Waals surface area (Å²) < 4.78 is 6.13. The Hall–Kier alpha value is -2.49. The molecule has 22 heavy (non-hydrogen) atoms. The van der Waals surface area contributed by atoms with Crippen molar-refractivity contribution in [3.63, 3.8) is 0 Å². The molecule has 4 nitrogen and oxygen atoms in total. The molecule has 1 saturated heterocycles. The van der Waals surface area contributed by atoms with Gasteiger partial charge in [-0.25, -0.2) is 4.79 Å². The molecule has 2 unspecified atom stereocenters. The first-order valence-corrected chi connectivity index (χ1v) is 7.49. The quantitative estimate of drug-likeness (QED) is 0.874. The minimum Gasteiger partial charge on any atom is -0.468 e. The highest BCUT2D eigenvalue weighted by Crippen LogP contribution is 2.44. The van der Waals surface area contributed by atoms with Crippen molar-refractivity contribution in [2.45, 2.75) is 25.1 Å². The number of hydrogen-bond donors (Lipinski definition) is 1. The molecule has 4 heteroatoms. The van der Waals surface area contributed by atoms with Gasteiger partial charge in [0, 0.05) is 19.0 Å². The summed E-state index contributed by atoms with van der Waals surface area (Å²) in [6.45, 7) is 1.97. The van der Waals surface area contributed by atoms with Crippen LogP contribution < -0.4 is 10.1 Å². The molecular weight excluding hydrogens is 276 g/mol. The Morgan fingerprint density at radius 3 is 2.73 bits per heavy atom. The van der Waals surface area contributed by atoms with Gasteiger partial charge in [0.1, 0.15) is 5.75 Å². The minimum atomic E-state index is -0.575. The average molecular weight is 294 g/mol. The molecule has 0 aromatic heterocycles. The summed E-state index contributed by atoms with van der Waals surface area (Å²) in [7, 11) is 1.77. The van der Waals surface area contributed by atoms with Crippen LogP contribution in [-0.2, 0) is 0 Å². The maximum atomic E-state index is 12.1. The van der Waals surface area contributed by atoms with Crippen molar-refractivity contribution < 1.29 is 9.53 Å². The number of carbonyl (C=O) groups excluding carboxylic acids is 1. The number of benzene rings is 2. The molecule has 2 bridgehead atoms. The van der Waals surface area contributed by atoms with Crippen molar-refractivity contribution in [2.24, 2.45) is 0 Å². The van der Waals surface area contributed by atoms with Crippen molar-refractivity contribution >= 4 is 6.03 Å². The van der Waals surface area contributed by atoms with Crippen LogP contribution in [0.2, 0.25) is 0 Å². The molecule has 0 radical (unpaired) electrons. The molecular formula is C18H18N2O2. The molecule has 0 spiro atoms. The summed E-state index contributed by atoms with van der Waals surface area (Å²) in [6.07, 6.45) is 0.750. The van der Waals surface area contributed by atoms with E-state index in [4.69, 9.17) is 4.74 Å². The monoisotopic (exact) mass is 294 g/mol. The van der Waals surface area contributed by atoms with Crippen molar-refractivity contribution in [1.82, 2.24) is 10.2 Å². The summed E-state index contributed by atoms with van der Waals surface area (Å²) in [5.74, 6) is 0.852. The number of nitrogens with zero attached hydrogens (tertiary/aromatic N) is 1. The molecule has 0 aliphatic carbocycles. The van der Waals surface area contributed by atoms with E-state index in [0.717, 1.165) is 28.9 Å². The first kappa shape index (κ1) is 13.2. The van der Waals surface area contributed by atoms with Crippen LogP contribution in [0, 0.1) is 0 Å². The van der Waals surface area contributed by atoms with Gasteiger partial charge in [0.2, 0.25) is 0 Å². The summed E-state index contributed by atoms with van der Waals surface area (Å²) in [4.78, 5) is 13.7. The number of rotatable bonds is 1. The largest absolute Gasteiger partial charge is 0.468 e. The smallest absolute Gasteiger partial charge is 0.320 e. The second kappa shape index (κ2) is 4.50. The van der Waals surface area contributed by atoms with Gasteiger partial charge in [-0.1, -0.05) is 36.4 Å². The fraction of sp³-hybridized carbons (Fsp3) is 0.278. The molecule has 2 aliphatic heterocycles. The Morgan fingerprint density at radius 1 is 1.18 bits per heavy atom. The third kappa shape index (κ3) is 1.87. The van der Waals surface area contributed by atoms with E-state index in [9.17, 15) is 4.79 Å². The molecule has 1 N–H and O–H groups in total. The van der Waals surface area contributed by atoms with Crippen molar-refractivity contribution in [3.05, 3.63) is 54.1 Å². The van der Waals surface area contributed by atoms with Crippen LogP contribution in [0.25, 0.3) is 11.1 Å². The van der Waals surface area contributed by atoms with Crippen molar-refractivity contribution in [1.29, 1.82) is 0 Å². The van der Waals surface area contributed by atoms with E-state index in [-0.39, 0.29) is 12.1 Å². The Balaban J connectivity index is 1.79. The number of hydrogen-bond acceptors (Lipinski definition) is 2. The predicted molar refractivity (Wildman–Crippen MR) is 84.6 cm³/mol. The van der Waals surface area contributed by atoms with Gasteiger partial charge in [0.15, 0.2) is 5.72 Å². The third-order valence-corrected chi connectivity index (χ3v) is 4.72. The SMILES string of the molecule is CN1C(=O)NC2CC1(C)Oc1ccc(-c3ccccc3)cc12. The Labute approximate surface area is 129 Å². The predicted octanol–water partition coefficient (Wildman–Crippen LogP) is 3.55. The standard InChI is InChI=1S/C18H18N2O2/c1-18-11-15(19-17(21)20(18)2)14-10-13(8-9-16(14)22-18)12-6-4-3-5-7-12/h3-10,15H,11H2,1-2H3,(H,19,21). The highest BCUT2D eigenvalue weighted by Gasteiger charge is 2.47. The van der Waals surface area contributed by atoms with E-state index in [0.29, 0.717) is 0 Å². The number of carbonyl (C=O) groups is 1. The number of fused-ring (bicyclic) bond motifs is 4. The fourth-order valence-electron chi connectivity index (χ4n) is 3.29. The Kier molecular flexibility index (Phi) is 2.70. The summed E-state index contributed by atoms with van der Waals surface area (Å²) >= 11 is 0. The second-order valence-corrected chi connectivity index (χ2v) is 6.16. The normalized spacial score (nSPS) is 26.0. The van der Waals surface area contributed by atoms with Gasteiger partial charge in [0.05, 0.1) is 6.04 Å². The molecule has 2 aromatic rings. The molecule has 0 saturated carbocycles. The highest BCUT2D eigenvalue weighted by molar-refractivity contribution is 5.77. The lowest BCUT2D eigenvalue weighted by Crippen LogP contribution is -2.63. The van der Waals surface area contributed by atoms with Crippen LogP contribution in [0.1, 0.15) is 24.9 Å². The maximum Gasteiger partial charge on any atom is 0.320 e. The van der Waals surface area contributed by atoms with Crippen molar-refractivity contribution in [3.8, 4) is 16.9 Å². The third-order valence-electron chi connectivity index (χ3n) is 4.72. The lowest BCUT2D eigenvalue weighted by molar-refractivity contribution is -0.0718. The highest BCUT2D eigenvalue weighted by atomic mass is 16.5. The zero-order valence-corrected chi connectivity index (χ0v) is 12.7. The zero-order valence-electron chi connectivity index (χ0n) is 12.7. The number of nitrogens with one attached hydrogen (secondary N) is 1. The van der Waals surface area contributed by atoms with Gasteiger partial charge in [-0.2, -0.15) is 0 Å². The van der Waals surface area contributed by atoms with E-state index in [1.54, 1.807) is 11.9 Å². The van der Waals surface area contributed by atoms with E-state index in [1.165, 1.54) is 0 Å². The van der Waals surface area contributed by atoms with Crippen LogP contribution in [0.3, 0.4) is 0 Å². The first-order chi connectivity index (χ1) is 10.6. The van der Waals surface area contributed by atoms with Crippen molar-refractivity contribution in [2.75, 3.05) is 7.05 Å². The fourth-order valence-corrected chi connectivity index (χ4v) is 3.29. The van der Waals surface area contributed by atoms with E-state index in [1.807, 2.05) is 31.2 Å². The van der Waals surface area contributed by atoms with Crippen LogP contribution in [-0.4, -0.2) is 23.7 Å². The molecule has 2 amide bonds. The van der Waals surface area contributed by atoms with Crippen LogP contribution >= 0.6 is 0 Å². The number of urea groups is 1. The summed E-state index contributed by atoms with van der Waals surface area (Å²) in [5.41, 5.74) is 2.78. The molecule has 1 fully saturated rings. The lowest BCUT2D eigenvalue weighted by atomic mass is 9.89. The molecule has 2 atom stereocenters. The van der Waals surface area contributed by atoms with E-state index >= 15 is 0 Å². The van der Waals surface area contributed by atoms with Gasteiger partial charge in [-0.05, 0) is 30.2 Å². The average Bonchev–Trinajstić information content (AvgIpc) is 2.53. The second-order valence-electron chi connectivity index (χ2n) is 6.16. The van der Waals surface area contributed by atoms with E-state index in [2.05, 4.69) is 29.6 Å². The Morgan fingerprint density at radius 2 is 1.95 bits per heavy atom. The molecule has 4 rings (SSSR count). The van der Waals surface area contributed by atoms with Gasteiger partial charge >= 0.3 is 6.03 Å². The molecule has 2 aromatic carbocycles. The maximum absolute atomic E-state index is 12.1. The molecule has 2 aliphatic rings. The van der Waals surface area contributed by atoms with Gasteiger partial charge in [-0.15, -0.1) is 0 Å². The van der Waals surface area contributed by atoms with Crippen LogP contribution in [0.15, 0.2) is 48.5 Å². The molecule has 2 heterocycles. The summed E-state index contributed by atoms with van der Waals surface area (Å²) in [5, 5.41) is 3.06. The van der Waals surface area contributed by atoms with Gasteiger partial charge in [-0.3, -0.25) is 4.90 Å². The lowest BCUT2D eigenvalue weighted by Gasteiger charge is -2.49. The van der Waals surface area contributed by atoms with Gasteiger partial charge in [0.25, 0.3) is 0 Å². The van der Waals surface area contributed by atoms with Gasteiger partial charge < -0.3 is 10.1 Å². The van der Waals surface area contributed by atoms with E-state index < -0.39 is 5.72 Å². The number of ether oxygens (including phenoxy) is 1.